The summed E-state index contributed by atoms with van der Waals surface area (Å²) in [6, 6.07) is 10.8. The van der Waals surface area contributed by atoms with Crippen molar-refractivity contribution in [2.24, 2.45) is 10.9 Å². The maximum atomic E-state index is 4.49. The number of guanidine groups is 1. The van der Waals surface area contributed by atoms with Crippen molar-refractivity contribution in [2.45, 2.75) is 45.2 Å². The van der Waals surface area contributed by atoms with E-state index in [0.29, 0.717) is 6.54 Å². The van der Waals surface area contributed by atoms with Crippen molar-refractivity contribution in [3.05, 3.63) is 47.5 Å². The second-order valence-corrected chi connectivity index (χ2v) is 7.31. The average molecular weight is 480 g/mol. The van der Waals surface area contributed by atoms with E-state index in [9.17, 15) is 0 Å². The number of likely N-dealkylation sites (tertiary alicyclic amines) is 1. The molecule has 0 atom stereocenters. The molecule has 6 nitrogen and oxygen atoms in total. The summed E-state index contributed by atoms with van der Waals surface area (Å²) in [5.41, 5.74) is 1.45. The zero-order valence-electron chi connectivity index (χ0n) is 16.0. The highest BCUT2D eigenvalue weighted by atomic mass is 127. The molecule has 0 bridgehead atoms. The number of rotatable bonds is 4. The number of fused-ring (bicyclic) bond motifs is 1. The van der Waals surface area contributed by atoms with Gasteiger partial charge in [0, 0.05) is 33.1 Å². The number of aryl methyl sites for hydroxylation is 1. The highest BCUT2D eigenvalue weighted by Crippen LogP contribution is 2.22. The van der Waals surface area contributed by atoms with Gasteiger partial charge in [-0.05, 0) is 37.2 Å². The van der Waals surface area contributed by atoms with E-state index in [1.54, 1.807) is 0 Å². The van der Waals surface area contributed by atoms with Crippen LogP contribution < -0.4 is 5.32 Å². The third-order valence-electron chi connectivity index (χ3n) is 5.58. The van der Waals surface area contributed by atoms with Crippen molar-refractivity contribution in [2.75, 3.05) is 20.1 Å². The maximum absolute atomic E-state index is 4.49. The molecule has 0 spiro atoms. The molecule has 2 aromatic rings. The summed E-state index contributed by atoms with van der Waals surface area (Å²) in [4.78, 5) is 6.87. The molecule has 27 heavy (non-hydrogen) atoms. The van der Waals surface area contributed by atoms with Gasteiger partial charge >= 0.3 is 0 Å². The molecule has 1 aromatic carbocycles. The molecule has 0 saturated carbocycles. The first kappa shape index (κ1) is 20.1. The normalized spacial score (nSPS) is 17.5. The Morgan fingerprint density at radius 1 is 1.15 bits per heavy atom. The van der Waals surface area contributed by atoms with Crippen LogP contribution in [0.4, 0.5) is 0 Å². The lowest BCUT2D eigenvalue weighted by Gasteiger charge is -2.34. The van der Waals surface area contributed by atoms with E-state index in [4.69, 9.17) is 0 Å². The van der Waals surface area contributed by atoms with Crippen LogP contribution in [0.1, 0.15) is 36.5 Å². The Balaban J connectivity index is 0.00000210. The maximum Gasteiger partial charge on any atom is 0.194 e. The molecule has 1 N–H and O–H groups in total. The molecular formula is C20H29IN6. The van der Waals surface area contributed by atoms with Gasteiger partial charge in [-0.3, -0.25) is 4.99 Å². The Hall–Kier alpha value is -1.64. The largest absolute Gasteiger partial charge is 0.349 e. The summed E-state index contributed by atoms with van der Waals surface area (Å²) < 4.78 is 2.24. The number of nitrogens with one attached hydrogen (secondary N) is 1. The van der Waals surface area contributed by atoms with Crippen LogP contribution in [0.3, 0.4) is 0 Å². The van der Waals surface area contributed by atoms with Gasteiger partial charge < -0.3 is 14.8 Å². The molecule has 0 aliphatic carbocycles. The number of hydrogen-bond acceptors (Lipinski definition) is 3. The third kappa shape index (κ3) is 4.80. The van der Waals surface area contributed by atoms with Gasteiger partial charge in [0.1, 0.15) is 5.82 Å². The molecule has 1 fully saturated rings. The SMILES string of the molecule is CN=C(NCc1nnc2n1CCC2)N1CCC(Cc2ccccc2)CC1.I. The van der Waals surface area contributed by atoms with Crippen LogP contribution in [0, 0.1) is 5.92 Å². The van der Waals surface area contributed by atoms with E-state index in [-0.39, 0.29) is 24.0 Å². The summed E-state index contributed by atoms with van der Waals surface area (Å²) in [6.07, 6.45) is 5.86. The third-order valence-corrected chi connectivity index (χ3v) is 5.58. The fourth-order valence-corrected chi connectivity index (χ4v) is 4.13. The number of halogens is 1. The zero-order chi connectivity index (χ0) is 17.8. The topological polar surface area (TPSA) is 58.3 Å². The number of aromatic nitrogens is 3. The molecule has 0 amide bonds. The van der Waals surface area contributed by atoms with Gasteiger partial charge in [0.15, 0.2) is 11.8 Å². The lowest BCUT2D eigenvalue weighted by Crippen LogP contribution is -2.45. The van der Waals surface area contributed by atoms with Crippen molar-refractivity contribution in [3.8, 4) is 0 Å². The summed E-state index contributed by atoms with van der Waals surface area (Å²) in [5.74, 6) is 3.90. The van der Waals surface area contributed by atoms with E-state index in [0.717, 1.165) is 49.6 Å². The Morgan fingerprint density at radius 2 is 1.93 bits per heavy atom. The van der Waals surface area contributed by atoms with Crippen LogP contribution >= 0.6 is 24.0 Å². The molecule has 7 heteroatoms. The number of nitrogens with zero attached hydrogens (tertiary/aromatic N) is 5. The first-order valence-electron chi connectivity index (χ1n) is 9.74. The molecule has 1 aromatic heterocycles. The highest BCUT2D eigenvalue weighted by Gasteiger charge is 2.22. The number of benzene rings is 1. The van der Waals surface area contributed by atoms with E-state index >= 15 is 0 Å². The molecule has 0 unspecified atom stereocenters. The molecule has 4 rings (SSSR count). The van der Waals surface area contributed by atoms with Crippen molar-refractivity contribution in [3.63, 3.8) is 0 Å². The van der Waals surface area contributed by atoms with Crippen LogP contribution in [0.15, 0.2) is 35.3 Å². The monoisotopic (exact) mass is 480 g/mol. The minimum absolute atomic E-state index is 0. The second kappa shape index (κ2) is 9.52. The van der Waals surface area contributed by atoms with Crippen molar-refractivity contribution < 1.29 is 0 Å². The summed E-state index contributed by atoms with van der Waals surface area (Å²) in [5, 5.41) is 12.1. The fraction of sp³-hybridized carbons (Fsp3) is 0.550. The lowest BCUT2D eigenvalue weighted by molar-refractivity contribution is 0.258. The van der Waals surface area contributed by atoms with E-state index < -0.39 is 0 Å². The number of aliphatic imine (C=N–C) groups is 1. The van der Waals surface area contributed by atoms with Crippen molar-refractivity contribution in [1.29, 1.82) is 0 Å². The van der Waals surface area contributed by atoms with Crippen LogP contribution in [-0.4, -0.2) is 45.8 Å². The van der Waals surface area contributed by atoms with E-state index in [1.165, 1.54) is 31.2 Å². The van der Waals surface area contributed by atoms with E-state index in [1.807, 2.05) is 7.05 Å². The lowest BCUT2D eigenvalue weighted by atomic mass is 9.90. The average Bonchev–Trinajstić information content (AvgIpc) is 3.29. The quantitative estimate of drug-likeness (QED) is 0.416. The number of hydrogen-bond donors (Lipinski definition) is 1. The Morgan fingerprint density at radius 3 is 2.67 bits per heavy atom. The Labute approximate surface area is 178 Å². The van der Waals surface area contributed by atoms with Crippen LogP contribution in [-0.2, 0) is 25.9 Å². The zero-order valence-corrected chi connectivity index (χ0v) is 18.3. The first-order valence-corrected chi connectivity index (χ1v) is 9.74. The predicted molar refractivity (Wildman–Crippen MR) is 118 cm³/mol. The smallest absolute Gasteiger partial charge is 0.194 e. The predicted octanol–water partition coefficient (Wildman–Crippen LogP) is 2.87. The van der Waals surface area contributed by atoms with Gasteiger partial charge in [-0.2, -0.15) is 0 Å². The summed E-state index contributed by atoms with van der Waals surface area (Å²) in [6.45, 7) is 3.87. The minimum atomic E-state index is 0. The van der Waals surface area contributed by atoms with Crippen LogP contribution in [0.5, 0.6) is 0 Å². The molecule has 3 heterocycles. The molecule has 1 saturated heterocycles. The van der Waals surface area contributed by atoms with Gasteiger partial charge in [0.05, 0.1) is 6.54 Å². The highest BCUT2D eigenvalue weighted by molar-refractivity contribution is 14.0. The van der Waals surface area contributed by atoms with Gasteiger partial charge in [0.2, 0.25) is 0 Å². The molecule has 146 valence electrons. The molecule has 2 aliphatic heterocycles. The summed E-state index contributed by atoms with van der Waals surface area (Å²) in [7, 11) is 1.87. The Kier molecular flexibility index (Phi) is 7.09. The van der Waals surface area contributed by atoms with Crippen LogP contribution in [0.2, 0.25) is 0 Å². The van der Waals surface area contributed by atoms with Crippen molar-refractivity contribution >= 4 is 29.9 Å². The molecule has 0 radical (unpaired) electrons. The number of piperidine rings is 1. The minimum Gasteiger partial charge on any atom is -0.349 e. The summed E-state index contributed by atoms with van der Waals surface area (Å²) >= 11 is 0. The second-order valence-electron chi connectivity index (χ2n) is 7.31. The van der Waals surface area contributed by atoms with Gasteiger partial charge in [-0.1, -0.05) is 30.3 Å². The standard InChI is InChI=1S/C20H28N6.HI/c1-21-20(22-15-19-24-23-18-8-5-11-26(18)19)25-12-9-17(10-13-25)14-16-6-3-2-4-7-16;/h2-4,6-7,17H,5,8-15H2,1H3,(H,21,22);1H. The van der Waals surface area contributed by atoms with Gasteiger partial charge in [-0.25, -0.2) is 0 Å². The molecule has 2 aliphatic rings. The van der Waals surface area contributed by atoms with Crippen molar-refractivity contribution in [1.82, 2.24) is 25.0 Å². The van der Waals surface area contributed by atoms with Gasteiger partial charge in [-0.15, -0.1) is 34.2 Å². The Bertz CT molecular complexity index is 749. The van der Waals surface area contributed by atoms with E-state index in [2.05, 4.69) is 60.3 Å². The first-order chi connectivity index (χ1) is 12.8. The fourth-order valence-electron chi connectivity index (χ4n) is 4.13. The van der Waals surface area contributed by atoms with Gasteiger partial charge in [0.25, 0.3) is 0 Å². The van der Waals surface area contributed by atoms with Crippen LogP contribution in [0.25, 0.3) is 0 Å². The molecular weight excluding hydrogens is 451 g/mol.